The highest BCUT2D eigenvalue weighted by Crippen LogP contribution is 2.18. The van der Waals surface area contributed by atoms with Crippen LogP contribution >= 0.6 is 0 Å². The van der Waals surface area contributed by atoms with Crippen molar-refractivity contribution in [3.05, 3.63) is 35.9 Å². The minimum absolute atomic E-state index is 0.0136. The Bertz CT molecular complexity index is 568. The Morgan fingerprint density at radius 2 is 1.83 bits per heavy atom. The van der Waals surface area contributed by atoms with Crippen LogP contribution in [-0.4, -0.2) is 30.4 Å². The van der Waals surface area contributed by atoms with Crippen LogP contribution in [-0.2, 0) is 19.1 Å². The molecule has 6 nitrogen and oxygen atoms in total. The van der Waals surface area contributed by atoms with Gasteiger partial charge in [0.05, 0.1) is 12.5 Å². The van der Waals surface area contributed by atoms with Crippen LogP contribution in [0.25, 0.3) is 0 Å². The van der Waals surface area contributed by atoms with E-state index in [1.54, 1.807) is 0 Å². The van der Waals surface area contributed by atoms with Gasteiger partial charge in [-0.25, -0.2) is 0 Å². The van der Waals surface area contributed by atoms with Gasteiger partial charge in [-0.05, 0) is 18.4 Å². The molecule has 0 aromatic heterocycles. The topological polar surface area (TPSA) is 84.5 Å². The fraction of sp³-hybridized carbons (Fsp3) is 0.500. The predicted octanol–water partition coefficient (Wildman–Crippen LogP) is 1.86. The van der Waals surface area contributed by atoms with E-state index in [-0.39, 0.29) is 30.9 Å². The summed E-state index contributed by atoms with van der Waals surface area (Å²) in [5.41, 5.74) is 0.819. The quantitative estimate of drug-likeness (QED) is 0.747. The van der Waals surface area contributed by atoms with E-state index in [9.17, 15) is 14.4 Å². The Morgan fingerprint density at radius 1 is 1.17 bits per heavy atom. The van der Waals surface area contributed by atoms with Crippen LogP contribution in [0.5, 0.6) is 0 Å². The number of ether oxygens (including phenoxy) is 1. The molecule has 1 aliphatic carbocycles. The van der Waals surface area contributed by atoms with E-state index >= 15 is 0 Å². The molecule has 1 aliphatic rings. The third-order valence-corrected chi connectivity index (χ3v) is 4.03. The molecule has 6 heteroatoms. The van der Waals surface area contributed by atoms with Gasteiger partial charge in [-0.2, -0.15) is 0 Å². The van der Waals surface area contributed by atoms with Crippen molar-refractivity contribution in [2.75, 3.05) is 6.61 Å². The normalized spacial score (nSPS) is 15.5. The van der Waals surface area contributed by atoms with E-state index in [0.717, 1.165) is 31.2 Å². The van der Waals surface area contributed by atoms with Crippen LogP contribution in [0.15, 0.2) is 30.3 Å². The first kappa shape index (κ1) is 18.0. The molecule has 1 saturated carbocycles. The highest BCUT2D eigenvalue weighted by molar-refractivity contribution is 5.81. The summed E-state index contributed by atoms with van der Waals surface area (Å²) in [5, 5.41) is 5.60. The predicted molar refractivity (Wildman–Crippen MR) is 89.0 cm³/mol. The number of benzene rings is 1. The summed E-state index contributed by atoms with van der Waals surface area (Å²) in [6.07, 6.45) is 4.21. The number of carbonyl (C=O) groups is 3. The van der Waals surface area contributed by atoms with Crippen LogP contribution < -0.4 is 10.6 Å². The van der Waals surface area contributed by atoms with Gasteiger partial charge < -0.3 is 15.4 Å². The van der Waals surface area contributed by atoms with Crippen molar-refractivity contribution in [1.29, 1.82) is 0 Å². The molecular formula is C18H24N2O4. The Labute approximate surface area is 142 Å². The monoisotopic (exact) mass is 332 g/mol. The zero-order valence-corrected chi connectivity index (χ0v) is 13.9. The largest absolute Gasteiger partial charge is 0.456 e. The lowest BCUT2D eigenvalue weighted by Gasteiger charge is -2.18. The average molecular weight is 332 g/mol. The molecule has 1 atom stereocenters. The number of carbonyl (C=O) groups excluding carboxylic acids is 3. The standard InChI is InChI=1S/C18H24N2O4/c1-13(21)19-16(14-7-3-2-4-8-14)11-18(23)24-12-17(22)20-15-9-5-6-10-15/h2-4,7-8,15-16H,5-6,9-12H2,1H3,(H,19,21)(H,20,22)/t16-/m1/s1. The van der Waals surface area contributed by atoms with Crippen LogP contribution in [0.2, 0.25) is 0 Å². The van der Waals surface area contributed by atoms with Crippen molar-refractivity contribution in [2.24, 2.45) is 0 Å². The molecule has 0 bridgehead atoms. The number of amides is 2. The second-order valence-electron chi connectivity index (χ2n) is 6.08. The van der Waals surface area contributed by atoms with Crippen molar-refractivity contribution >= 4 is 17.8 Å². The van der Waals surface area contributed by atoms with Gasteiger partial charge in [0.25, 0.3) is 5.91 Å². The van der Waals surface area contributed by atoms with E-state index in [4.69, 9.17) is 4.74 Å². The number of esters is 1. The first-order valence-electron chi connectivity index (χ1n) is 8.31. The summed E-state index contributed by atoms with van der Waals surface area (Å²) in [4.78, 5) is 35.1. The zero-order valence-electron chi connectivity index (χ0n) is 13.9. The summed E-state index contributed by atoms with van der Waals surface area (Å²) < 4.78 is 5.05. The van der Waals surface area contributed by atoms with E-state index < -0.39 is 12.0 Å². The summed E-state index contributed by atoms with van der Waals surface area (Å²) in [5.74, 6) is -1.01. The lowest BCUT2D eigenvalue weighted by Crippen LogP contribution is -2.36. The van der Waals surface area contributed by atoms with Crippen molar-refractivity contribution < 1.29 is 19.1 Å². The molecule has 0 spiro atoms. The smallest absolute Gasteiger partial charge is 0.308 e. The van der Waals surface area contributed by atoms with Gasteiger partial charge in [0.15, 0.2) is 6.61 Å². The third kappa shape index (κ3) is 6.02. The molecule has 130 valence electrons. The lowest BCUT2D eigenvalue weighted by atomic mass is 10.0. The van der Waals surface area contributed by atoms with E-state index in [1.807, 2.05) is 30.3 Å². The second-order valence-corrected chi connectivity index (χ2v) is 6.08. The zero-order chi connectivity index (χ0) is 17.4. The maximum absolute atomic E-state index is 12.0. The second kappa shape index (κ2) is 9.05. The molecule has 2 N–H and O–H groups in total. The van der Waals surface area contributed by atoms with E-state index in [2.05, 4.69) is 10.6 Å². The molecule has 1 aromatic rings. The molecule has 0 unspecified atom stereocenters. The van der Waals surface area contributed by atoms with Crippen LogP contribution in [0.1, 0.15) is 50.6 Å². The Morgan fingerprint density at radius 3 is 2.46 bits per heavy atom. The third-order valence-electron chi connectivity index (χ3n) is 4.03. The minimum Gasteiger partial charge on any atom is -0.456 e. The van der Waals surface area contributed by atoms with Gasteiger partial charge in [0.2, 0.25) is 5.91 Å². The van der Waals surface area contributed by atoms with Crippen LogP contribution in [0.4, 0.5) is 0 Å². The highest BCUT2D eigenvalue weighted by atomic mass is 16.5. The van der Waals surface area contributed by atoms with Gasteiger partial charge in [-0.1, -0.05) is 43.2 Å². The maximum Gasteiger partial charge on any atom is 0.308 e. The summed E-state index contributed by atoms with van der Waals surface area (Å²) >= 11 is 0. The maximum atomic E-state index is 12.0. The van der Waals surface area contributed by atoms with Gasteiger partial charge in [0, 0.05) is 13.0 Å². The molecule has 2 rings (SSSR count). The summed E-state index contributed by atoms with van der Waals surface area (Å²) in [6, 6.07) is 8.94. The number of rotatable bonds is 7. The van der Waals surface area contributed by atoms with Crippen molar-refractivity contribution in [2.45, 2.75) is 51.1 Å². The Kier molecular flexibility index (Phi) is 6.78. The summed E-state index contributed by atoms with van der Waals surface area (Å²) in [6.45, 7) is 1.12. The molecule has 0 saturated heterocycles. The van der Waals surface area contributed by atoms with Crippen LogP contribution in [0.3, 0.4) is 0 Å². The number of hydrogen-bond acceptors (Lipinski definition) is 4. The Balaban J connectivity index is 1.81. The van der Waals surface area contributed by atoms with Gasteiger partial charge in [0.1, 0.15) is 0 Å². The molecule has 1 aromatic carbocycles. The van der Waals surface area contributed by atoms with Gasteiger partial charge in [-0.3, -0.25) is 14.4 Å². The first-order chi connectivity index (χ1) is 11.5. The van der Waals surface area contributed by atoms with Crippen molar-refractivity contribution in [3.63, 3.8) is 0 Å². The fourth-order valence-corrected chi connectivity index (χ4v) is 2.89. The molecule has 2 amide bonds. The number of hydrogen-bond donors (Lipinski definition) is 2. The average Bonchev–Trinajstić information content (AvgIpc) is 3.06. The van der Waals surface area contributed by atoms with E-state index in [0.29, 0.717) is 0 Å². The van der Waals surface area contributed by atoms with Gasteiger partial charge >= 0.3 is 5.97 Å². The first-order valence-corrected chi connectivity index (χ1v) is 8.31. The SMILES string of the molecule is CC(=O)N[C@H](CC(=O)OCC(=O)NC1CCCC1)c1ccccc1. The molecule has 24 heavy (non-hydrogen) atoms. The molecule has 0 heterocycles. The molecular weight excluding hydrogens is 308 g/mol. The van der Waals surface area contributed by atoms with Crippen molar-refractivity contribution in [1.82, 2.24) is 10.6 Å². The fourth-order valence-electron chi connectivity index (χ4n) is 2.89. The summed E-state index contributed by atoms with van der Waals surface area (Å²) in [7, 11) is 0. The van der Waals surface area contributed by atoms with Gasteiger partial charge in [-0.15, -0.1) is 0 Å². The molecule has 0 aliphatic heterocycles. The highest BCUT2D eigenvalue weighted by Gasteiger charge is 2.20. The minimum atomic E-state index is -0.515. The molecule has 0 radical (unpaired) electrons. The van der Waals surface area contributed by atoms with Crippen LogP contribution in [0, 0.1) is 0 Å². The molecule has 1 fully saturated rings. The van der Waals surface area contributed by atoms with E-state index in [1.165, 1.54) is 6.92 Å². The number of nitrogens with one attached hydrogen (secondary N) is 2. The van der Waals surface area contributed by atoms with Crippen molar-refractivity contribution in [3.8, 4) is 0 Å². The lowest BCUT2D eigenvalue weighted by molar-refractivity contribution is -0.149. The Hall–Kier alpha value is -2.37.